The van der Waals surface area contributed by atoms with Gasteiger partial charge in [-0.05, 0) is 87.1 Å². The van der Waals surface area contributed by atoms with Gasteiger partial charge < -0.3 is 41.8 Å². The molecule has 2 heterocycles. The van der Waals surface area contributed by atoms with E-state index < -0.39 is 6.10 Å². The van der Waals surface area contributed by atoms with E-state index >= 15 is 0 Å². The number of aromatic nitrogens is 4. The monoisotopic (exact) mass is 668 g/mol. The van der Waals surface area contributed by atoms with Gasteiger partial charge in [0.15, 0.2) is 23.1 Å². The summed E-state index contributed by atoms with van der Waals surface area (Å²) in [5.74, 6) is 3.55. The summed E-state index contributed by atoms with van der Waals surface area (Å²) < 4.78 is 11.6. The summed E-state index contributed by atoms with van der Waals surface area (Å²) in [6.07, 6.45) is 9.65. The molecule has 0 spiro atoms. The van der Waals surface area contributed by atoms with Crippen LogP contribution >= 0.6 is 23.2 Å². The van der Waals surface area contributed by atoms with Gasteiger partial charge in [-0.3, -0.25) is 0 Å². The molecule has 0 bridgehead atoms. The highest BCUT2D eigenvalue weighted by molar-refractivity contribution is 6.30. The molecule has 2 aromatic heterocycles. The minimum atomic E-state index is -0.400. The summed E-state index contributed by atoms with van der Waals surface area (Å²) >= 11 is 11.8. The highest BCUT2D eigenvalue weighted by atomic mass is 35.5. The third-order valence-electron chi connectivity index (χ3n) is 7.67. The Morgan fingerprint density at radius 1 is 0.674 bits per heavy atom. The van der Waals surface area contributed by atoms with Crippen molar-refractivity contribution in [3.8, 4) is 23.0 Å². The summed E-state index contributed by atoms with van der Waals surface area (Å²) in [6, 6.07) is 14.1. The van der Waals surface area contributed by atoms with E-state index in [0.717, 1.165) is 44.9 Å². The fourth-order valence-corrected chi connectivity index (χ4v) is 5.58. The van der Waals surface area contributed by atoms with E-state index in [-0.39, 0.29) is 30.1 Å². The predicted octanol–water partition coefficient (Wildman–Crippen LogP) is 6.44. The molecule has 4 unspecified atom stereocenters. The van der Waals surface area contributed by atoms with Crippen molar-refractivity contribution in [2.75, 3.05) is 22.1 Å². The van der Waals surface area contributed by atoms with Crippen LogP contribution in [0.25, 0.3) is 0 Å². The number of hydrogen-bond acceptors (Lipinski definition) is 12. The summed E-state index contributed by atoms with van der Waals surface area (Å²) in [7, 11) is 0. The molecule has 2 aliphatic carbocycles. The molecule has 2 aliphatic rings. The molecule has 6 rings (SSSR count). The van der Waals surface area contributed by atoms with Gasteiger partial charge >= 0.3 is 0 Å². The number of nitrogens with one attached hydrogen (secondary N) is 2. The molecule has 244 valence electrons. The zero-order valence-electron chi connectivity index (χ0n) is 25.2. The van der Waals surface area contributed by atoms with Crippen LogP contribution in [0.1, 0.15) is 51.4 Å². The van der Waals surface area contributed by atoms with Crippen LogP contribution in [0.15, 0.2) is 60.9 Å². The first-order valence-electron chi connectivity index (χ1n) is 15.2. The molecule has 0 aliphatic heterocycles. The number of aliphatic hydroxyl groups excluding tert-OH is 2. The van der Waals surface area contributed by atoms with Gasteiger partial charge in [-0.15, -0.1) is 0 Å². The number of nitrogens with zero attached hydrogens (tertiary/aromatic N) is 4. The van der Waals surface area contributed by atoms with Crippen molar-refractivity contribution in [1.82, 2.24) is 19.9 Å². The third kappa shape index (κ3) is 9.70. The molecule has 2 saturated carbocycles. The highest BCUT2D eigenvalue weighted by Crippen LogP contribution is 2.32. The molecular formula is C32H38Cl2N8O4. The van der Waals surface area contributed by atoms with Crippen LogP contribution in [0.4, 0.5) is 23.5 Å². The number of nitrogen functional groups attached to an aromatic ring is 2. The SMILES string of the molecule is Nc1ncc(Oc2ccc(Cl)cc2)c(NC2CCCC(O)C2)n1.Nc1ncc(Oc2ccc(Cl)cc2)c(NC2CCCCC2O)n1. The molecule has 14 heteroatoms. The van der Waals surface area contributed by atoms with Gasteiger partial charge in [0.05, 0.1) is 30.6 Å². The van der Waals surface area contributed by atoms with Crippen molar-refractivity contribution in [3.05, 3.63) is 71.0 Å². The number of benzene rings is 2. The van der Waals surface area contributed by atoms with Gasteiger partial charge in [-0.1, -0.05) is 36.0 Å². The molecule has 4 aromatic rings. The van der Waals surface area contributed by atoms with E-state index in [1.165, 1.54) is 6.20 Å². The minimum Gasteiger partial charge on any atom is -0.452 e. The second kappa shape index (κ2) is 15.9. The van der Waals surface area contributed by atoms with E-state index in [4.69, 9.17) is 44.1 Å². The largest absolute Gasteiger partial charge is 0.452 e. The van der Waals surface area contributed by atoms with Crippen molar-refractivity contribution in [2.45, 2.75) is 75.7 Å². The molecular weight excluding hydrogens is 631 g/mol. The Kier molecular flexibility index (Phi) is 11.5. The number of rotatable bonds is 8. The van der Waals surface area contributed by atoms with Crippen molar-refractivity contribution < 1.29 is 19.7 Å². The van der Waals surface area contributed by atoms with Crippen molar-refractivity contribution in [1.29, 1.82) is 0 Å². The maximum Gasteiger partial charge on any atom is 0.222 e. The van der Waals surface area contributed by atoms with Crippen LogP contribution in [0.5, 0.6) is 23.0 Å². The molecule has 0 amide bonds. The zero-order chi connectivity index (χ0) is 32.5. The number of halogens is 2. The van der Waals surface area contributed by atoms with Crippen LogP contribution in [0.2, 0.25) is 10.0 Å². The Morgan fingerprint density at radius 3 is 1.72 bits per heavy atom. The van der Waals surface area contributed by atoms with E-state index in [1.807, 2.05) is 0 Å². The van der Waals surface area contributed by atoms with E-state index in [0.29, 0.717) is 51.1 Å². The Bertz CT molecular complexity index is 1570. The maximum atomic E-state index is 10.1. The zero-order valence-corrected chi connectivity index (χ0v) is 26.7. The van der Waals surface area contributed by atoms with Gasteiger partial charge in [-0.2, -0.15) is 9.97 Å². The molecule has 8 N–H and O–H groups in total. The van der Waals surface area contributed by atoms with Crippen LogP contribution in [-0.4, -0.2) is 54.4 Å². The Morgan fingerprint density at radius 2 is 1.20 bits per heavy atom. The lowest BCUT2D eigenvalue weighted by atomic mass is 9.92. The lowest BCUT2D eigenvalue weighted by Crippen LogP contribution is -2.36. The first kappa shape index (κ1) is 33.3. The standard InChI is InChI=1S/2C16H19ClN4O2/c17-10-4-6-13(7-5-10)23-14-9-19-16(18)21-15(14)20-11-2-1-3-12(22)8-11;17-10-5-7-11(8-6-10)23-14-9-19-16(18)21-15(14)20-12-3-1-2-4-13(12)22/h4-7,9,11-12,22H,1-3,8H2,(H3,18,19,20,21);5-9,12-13,22H,1-4H2,(H3,18,19,20,21). The first-order chi connectivity index (χ1) is 22.2. The fourth-order valence-electron chi connectivity index (χ4n) is 5.33. The van der Waals surface area contributed by atoms with Crippen LogP contribution in [0.3, 0.4) is 0 Å². The lowest BCUT2D eigenvalue weighted by Gasteiger charge is -2.29. The second-order valence-electron chi connectivity index (χ2n) is 11.3. The minimum absolute atomic E-state index is 0.0642. The Labute approximate surface area is 277 Å². The van der Waals surface area contributed by atoms with Crippen LogP contribution in [0, 0.1) is 0 Å². The molecule has 46 heavy (non-hydrogen) atoms. The van der Waals surface area contributed by atoms with Gasteiger partial charge in [0.1, 0.15) is 11.5 Å². The Balaban J connectivity index is 0.000000181. The Hall–Kier alpha value is -4.10. The summed E-state index contributed by atoms with van der Waals surface area (Å²) in [4.78, 5) is 16.4. The summed E-state index contributed by atoms with van der Waals surface area (Å²) in [5, 5.41) is 27.7. The fraction of sp³-hybridized carbons (Fsp3) is 0.375. The van der Waals surface area contributed by atoms with Gasteiger partial charge in [0.25, 0.3) is 0 Å². The molecule has 0 radical (unpaired) electrons. The molecule has 0 saturated heterocycles. The molecule has 12 nitrogen and oxygen atoms in total. The van der Waals surface area contributed by atoms with E-state index in [2.05, 4.69) is 30.6 Å². The maximum absolute atomic E-state index is 10.1. The number of anilines is 4. The second-order valence-corrected chi connectivity index (χ2v) is 12.1. The van der Waals surface area contributed by atoms with Crippen molar-refractivity contribution in [2.24, 2.45) is 0 Å². The summed E-state index contributed by atoms with van der Waals surface area (Å²) in [5.41, 5.74) is 11.4. The highest BCUT2D eigenvalue weighted by Gasteiger charge is 2.25. The third-order valence-corrected chi connectivity index (χ3v) is 8.17. The van der Waals surface area contributed by atoms with Gasteiger partial charge in [0.2, 0.25) is 11.9 Å². The number of hydrogen-bond donors (Lipinski definition) is 6. The number of aliphatic hydroxyl groups is 2. The molecule has 2 aromatic carbocycles. The molecule has 4 atom stereocenters. The quantitative estimate of drug-likeness (QED) is 0.121. The number of ether oxygens (including phenoxy) is 2. The average molecular weight is 670 g/mol. The van der Waals surface area contributed by atoms with Crippen LogP contribution in [-0.2, 0) is 0 Å². The smallest absolute Gasteiger partial charge is 0.222 e. The lowest BCUT2D eigenvalue weighted by molar-refractivity contribution is 0.116. The van der Waals surface area contributed by atoms with Crippen LogP contribution < -0.4 is 31.6 Å². The molecule has 2 fully saturated rings. The van der Waals surface area contributed by atoms with E-state index in [1.54, 1.807) is 54.7 Å². The van der Waals surface area contributed by atoms with Gasteiger partial charge in [0, 0.05) is 16.1 Å². The number of nitrogens with two attached hydrogens (primary N) is 2. The normalized spacial score (nSPS) is 21.0. The predicted molar refractivity (Wildman–Crippen MR) is 180 cm³/mol. The summed E-state index contributed by atoms with van der Waals surface area (Å²) in [6.45, 7) is 0. The van der Waals surface area contributed by atoms with Crippen molar-refractivity contribution >= 4 is 46.7 Å². The first-order valence-corrected chi connectivity index (χ1v) is 16.0. The van der Waals surface area contributed by atoms with Crippen molar-refractivity contribution in [3.63, 3.8) is 0 Å². The topological polar surface area (TPSA) is 187 Å². The van der Waals surface area contributed by atoms with E-state index in [9.17, 15) is 10.2 Å². The average Bonchev–Trinajstić information content (AvgIpc) is 3.03. The van der Waals surface area contributed by atoms with Gasteiger partial charge in [-0.25, -0.2) is 9.97 Å².